The van der Waals surface area contributed by atoms with Crippen LogP contribution < -0.4 is 5.32 Å². The van der Waals surface area contributed by atoms with E-state index < -0.39 is 0 Å². The standard InChI is InChI=1S/C5H11NS2/c1-2-5(7)6-3-4-8-5/h6-7H,2-4H2,1H3. The van der Waals surface area contributed by atoms with Gasteiger partial charge in [0.05, 0.1) is 0 Å². The third-order valence-corrected chi connectivity index (χ3v) is 3.50. The lowest BCUT2D eigenvalue weighted by Gasteiger charge is -2.18. The Kier molecular flexibility index (Phi) is 2.12. The maximum absolute atomic E-state index is 4.43. The number of thioether (sulfide) groups is 1. The van der Waals surface area contributed by atoms with Gasteiger partial charge in [-0.05, 0) is 6.42 Å². The summed E-state index contributed by atoms with van der Waals surface area (Å²) in [6, 6.07) is 0. The van der Waals surface area contributed by atoms with Gasteiger partial charge in [-0.25, -0.2) is 0 Å². The van der Waals surface area contributed by atoms with Crippen LogP contribution in [0.3, 0.4) is 0 Å². The molecule has 1 fully saturated rings. The van der Waals surface area contributed by atoms with Gasteiger partial charge in [0.15, 0.2) is 0 Å². The van der Waals surface area contributed by atoms with Gasteiger partial charge in [0.25, 0.3) is 0 Å². The molecule has 1 N–H and O–H groups in total. The van der Waals surface area contributed by atoms with Crippen molar-refractivity contribution in [1.29, 1.82) is 0 Å². The van der Waals surface area contributed by atoms with Gasteiger partial charge < -0.3 is 0 Å². The molecule has 0 saturated carbocycles. The Morgan fingerprint density at radius 2 is 2.62 bits per heavy atom. The lowest BCUT2D eigenvalue weighted by Crippen LogP contribution is -2.29. The lowest BCUT2D eigenvalue weighted by molar-refractivity contribution is 0.651. The van der Waals surface area contributed by atoms with Crippen molar-refractivity contribution in [3.8, 4) is 0 Å². The van der Waals surface area contributed by atoms with Crippen molar-refractivity contribution in [3.05, 3.63) is 0 Å². The van der Waals surface area contributed by atoms with Crippen LogP contribution in [0.2, 0.25) is 0 Å². The number of nitrogens with one attached hydrogen (secondary N) is 1. The molecule has 0 aliphatic carbocycles. The molecule has 0 aromatic carbocycles. The molecule has 8 heavy (non-hydrogen) atoms. The molecule has 1 aliphatic rings. The van der Waals surface area contributed by atoms with Crippen molar-refractivity contribution in [2.24, 2.45) is 0 Å². The third-order valence-electron chi connectivity index (χ3n) is 1.32. The summed E-state index contributed by atoms with van der Waals surface area (Å²) in [4.78, 5) is 0. The van der Waals surface area contributed by atoms with Crippen molar-refractivity contribution >= 4 is 24.4 Å². The molecule has 0 aromatic rings. The molecule has 1 nitrogen and oxygen atoms in total. The maximum atomic E-state index is 4.43. The first-order valence-electron chi connectivity index (χ1n) is 2.88. The van der Waals surface area contributed by atoms with E-state index in [0.717, 1.165) is 13.0 Å². The minimum absolute atomic E-state index is 0.0972. The highest BCUT2D eigenvalue weighted by molar-refractivity contribution is 8.11. The Morgan fingerprint density at radius 3 is 2.88 bits per heavy atom. The molecule has 0 radical (unpaired) electrons. The second kappa shape index (κ2) is 2.50. The summed E-state index contributed by atoms with van der Waals surface area (Å²) in [5.41, 5.74) is 0. The quantitative estimate of drug-likeness (QED) is 0.545. The smallest absolute Gasteiger partial charge is 0.108 e. The topological polar surface area (TPSA) is 12.0 Å². The summed E-state index contributed by atoms with van der Waals surface area (Å²) in [5, 5.41) is 3.31. The van der Waals surface area contributed by atoms with E-state index in [-0.39, 0.29) is 4.20 Å². The number of hydrogen-bond acceptors (Lipinski definition) is 3. The van der Waals surface area contributed by atoms with E-state index in [1.165, 1.54) is 5.75 Å². The largest absolute Gasteiger partial charge is 0.294 e. The molecule has 1 rings (SSSR count). The van der Waals surface area contributed by atoms with Crippen LogP contribution in [0, 0.1) is 0 Å². The zero-order valence-corrected chi connectivity index (χ0v) is 6.69. The van der Waals surface area contributed by atoms with E-state index in [2.05, 4.69) is 24.9 Å². The molecule has 1 heterocycles. The predicted octanol–water partition coefficient (Wildman–Crippen LogP) is 1.32. The van der Waals surface area contributed by atoms with Crippen LogP contribution in [-0.2, 0) is 0 Å². The zero-order valence-electron chi connectivity index (χ0n) is 4.98. The Bertz CT molecular complexity index is 78.5. The van der Waals surface area contributed by atoms with Crippen LogP contribution in [0.1, 0.15) is 13.3 Å². The van der Waals surface area contributed by atoms with E-state index in [9.17, 15) is 0 Å². The average molecular weight is 149 g/mol. The van der Waals surface area contributed by atoms with E-state index >= 15 is 0 Å². The molecule has 0 bridgehead atoms. The molecule has 1 atom stereocenters. The van der Waals surface area contributed by atoms with Crippen LogP contribution in [-0.4, -0.2) is 16.5 Å². The van der Waals surface area contributed by atoms with Gasteiger partial charge in [-0.2, -0.15) is 0 Å². The summed E-state index contributed by atoms with van der Waals surface area (Å²) in [7, 11) is 0. The first kappa shape index (κ1) is 6.78. The highest BCUT2D eigenvalue weighted by atomic mass is 32.2. The van der Waals surface area contributed by atoms with Gasteiger partial charge in [-0.3, -0.25) is 5.32 Å². The third kappa shape index (κ3) is 1.33. The van der Waals surface area contributed by atoms with Crippen molar-refractivity contribution in [2.75, 3.05) is 12.3 Å². The first-order chi connectivity index (χ1) is 3.77. The molecule has 1 aliphatic heterocycles. The Hall–Kier alpha value is 0.660. The monoisotopic (exact) mass is 149 g/mol. The van der Waals surface area contributed by atoms with Crippen molar-refractivity contribution in [2.45, 2.75) is 17.5 Å². The molecule has 0 amide bonds. The van der Waals surface area contributed by atoms with Crippen LogP contribution in [0.4, 0.5) is 0 Å². The van der Waals surface area contributed by atoms with Gasteiger partial charge in [-0.15, -0.1) is 24.4 Å². The number of thiol groups is 1. The van der Waals surface area contributed by atoms with Gasteiger partial charge in [-0.1, -0.05) is 6.92 Å². The van der Waals surface area contributed by atoms with Gasteiger partial charge in [0.1, 0.15) is 4.20 Å². The second-order valence-electron chi connectivity index (χ2n) is 1.91. The molecule has 0 spiro atoms. The predicted molar refractivity (Wildman–Crippen MR) is 42.5 cm³/mol. The SMILES string of the molecule is CCC1(S)NCCS1. The number of hydrogen-bond donors (Lipinski definition) is 2. The van der Waals surface area contributed by atoms with Crippen LogP contribution in [0.5, 0.6) is 0 Å². The summed E-state index contributed by atoms with van der Waals surface area (Å²) in [6.45, 7) is 3.26. The maximum Gasteiger partial charge on any atom is 0.108 e. The summed E-state index contributed by atoms with van der Waals surface area (Å²) in [5.74, 6) is 1.21. The molecular weight excluding hydrogens is 138 g/mol. The van der Waals surface area contributed by atoms with Crippen LogP contribution in [0.15, 0.2) is 0 Å². The van der Waals surface area contributed by atoms with Gasteiger partial charge in [0.2, 0.25) is 0 Å². The zero-order chi connectivity index (χ0) is 6.04. The van der Waals surface area contributed by atoms with E-state index in [1.54, 1.807) is 0 Å². The highest BCUT2D eigenvalue weighted by Gasteiger charge is 2.26. The average Bonchev–Trinajstić information content (AvgIpc) is 2.17. The molecule has 48 valence electrons. The minimum atomic E-state index is 0.0972. The Balaban J connectivity index is 2.40. The van der Waals surface area contributed by atoms with E-state index in [4.69, 9.17) is 0 Å². The fourth-order valence-electron chi connectivity index (χ4n) is 0.744. The van der Waals surface area contributed by atoms with E-state index in [1.807, 2.05) is 11.8 Å². The first-order valence-corrected chi connectivity index (χ1v) is 4.31. The highest BCUT2D eigenvalue weighted by Crippen LogP contribution is 2.33. The van der Waals surface area contributed by atoms with Crippen molar-refractivity contribution < 1.29 is 0 Å². The van der Waals surface area contributed by atoms with Crippen molar-refractivity contribution in [3.63, 3.8) is 0 Å². The molecular formula is C5H11NS2. The van der Waals surface area contributed by atoms with E-state index in [0.29, 0.717) is 0 Å². The Morgan fingerprint density at radius 1 is 1.88 bits per heavy atom. The van der Waals surface area contributed by atoms with Crippen LogP contribution in [0.25, 0.3) is 0 Å². The normalized spacial score (nSPS) is 38.2. The molecule has 1 saturated heterocycles. The fourth-order valence-corrected chi connectivity index (χ4v) is 2.08. The van der Waals surface area contributed by atoms with Crippen LogP contribution >= 0.6 is 24.4 Å². The summed E-state index contributed by atoms with van der Waals surface area (Å²) in [6.07, 6.45) is 1.10. The lowest BCUT2D eigenvalue weighted by atomic mass is 10.5. The van der Waals surface area contributed by atoms with Crippen molar-refractivity contribution in [1.82, 2.24) is 5.32 Å². The number of rotatable bonds is 1. The molecule has 1 unspecified atom stereocenters. The molecule has 3 heteroatoms. The summed E-state index contributed by atoms with van der Waals surface area (Å²) < 4.78 is 0.0972. The van der Waals surface area contributed by atoms with Gasteiger partial charge >= 0.3 is 0 Å². The van der Waals surface area contributed by atoms with Gasteiger partial charge in [0, 0.05) is 12.3 Å². The fraction of sp³-hybridized carbons (Fsp3) is 1.00. The Labute approximate surface area is 60.0 Å². The second-order valence-corrected chi connectivity index (χ2v) is 4.37. The molecule has 0 aromatic heterocycles. The minimum Gasteiger partial charge on any atom is -0.294 e. The summed E-state index contributed by atoms with van der Waals surface area (Å²) >= 11 is 6.33.